The van der Waals surface area contributed by atoms with Gasteiger partial charge in [-0.2, -0.15) is 5.48 Å². The zero-order chi connectivity index (χ0) is 18.4. The first-order valence-electron chi connectivity index (χ1n) is 7.91. The quantitative estimate of drug-likeness (QED) is 0.581. The van der Waals surface area contributed by atoms with Crippen molar-refractivity contribution in [1.29, 1.82) is 0 Å². The fourth-order valence-corrected chi connectivity index (χ4v) is 2.31. The minimum Gasteiger partial charge on any atom is -0.335 e. The van der Waals surface area contributed by atoms with Gasteiger partial charge in [0.1, 0.15) is 0 Å². The molecule has 0 heterocycles. The van der Waals surface area contributed by atoms with Gasteiger partial charge in [0, 0.05) is 16.7 Å². The summed E-state index contributed by atoms with van der Waals surface area (Å²) in [5.74, 6) is -1.37. The third-order valence-corrected chi connectivity index (χ3v) is 3.69. The minimum atomic E-state index is -0.715. The summed E-state index contributed by atoms with van der Waals surface area (Å²) in [4.78, 5) is 41.0. The number of amides is 1. The molecule has 0 aromatic heterocycles. The molecule has 26 heavy (non-hydrogen) atoms. The van der Waals surface area contributed by atoms with Crippen molar-refractivity contribution in [3.05, 3.63) is 107 Å². The van der Waals surface area contributed by atoms with Crippen molar-refractivity contribution in [2.24, 2.45) is 0 Å². The van der Waals surface area contributed by atoms with Gasteiger partial charge in [-0.3, -0.25) is 9.59 Å². The zero-order valence-electron chi connectivity index (χ0n) is 13.7. The van der Waals surface area contributed by atoms with Crippen LogP contribution in [0.4, 0.5) is 0 Å². The Balaban J connectivity index is 1.62. The van der Waals surface area contributed by atoms with Crippen LogP contribution in [0.3, 0.4) is 0 Å². The predicted octanol–water partition coefficient (Wildman–Crippen LogP) is 3.42. The van der Waals surface area contributed by atoms with E-state index in [1.54, 1.807) is 66.7 Å². The largest absolute Gasteiger partial charge is 0.362 e. The Kier molecular flexibility index (Phi) is 5.19. The summed E-state index contributed by atoms with van der Waals surface area (Å²) in [7, 11) is 0. The summed E-state index contributed by atoms with van der Waals surface area (Å²) in [6.45, 7) is 0. The second-order valence-corrected chi connectivity index (χ2v) is 5.46. The topological polar surface area (TPSA) is 72.5 Å². The van der Waals surface area contributed by atoms with E-state index >= 15 is 0 Å². The number of hydroxylamine groups is 1. The molecule has 5 heteroatoms. The number of carbonyl (C=O) groups is 3. The van der Waals surface area contributed by atoms with Gasteiger partial charge in [0.05, 0.1) is 5.56 Å². The van der Waals surface area contributed by atoms with E-state index in [-0.39, 0.29) is 11.3 Å². The van der Waals surface area contributed by atoms with Crippen molar-refractivity contribution in [3.8, 4) is 0 Å². The molecule has 0 aliphatic carbocycles. The van der Waals surface area contributed by atoms with Crippen LogP contribution < -0.4 is 5.48 Å². The Labute approximate surface area is 150 Å². The van der Waals surface area contributed by atoms with E-state index < -0.39 is 11.9 Å². The van der Waals surface area contributed by atoms with Gasteiger partial charge in [0.25, 0.3) is 5.91 Å². The van der Waals surface area contributed by atoms with Gasteiger partial charge in [-0.1, -0.05) is 60.7 Å². The Hall–Kier alpha value is -3.73. The number of hydrogen-bond acceptors (Lipinski definition) is 4. The van der Waals surface area contributed by atoms with Crippen LogP contribution in [0.15, 0.2) is 84.9 Å². The van der Waals surface area contributed by atoms with Crippen molar-refractivity contribution < 1.29 is 19.2 Å². The number of benzene rings is 3. The first kappa shape index (κ1) is 17.1. The van der Waals surface area contributed by atoms with Crippen LogP contribution in [0, 0.1) is 0 Å². The molecular weight excluding hydrogens is 330 g/mol. The molecule has 128 valence electrons. The standard InChI is InChI=1S/C21H15NO4/c23-19(15-7-3-1-4-8-15)16-11-13-18(14-12-16)21(25)26-22-20(24)17-9-5-2-6-10-17/h1-14H,(H,22,24). The van der Waals surface area contributed by atoms with Crippen molar-refractivity contribution in [3.63, 3.8) is 0 Å². The van der Waals surface area contributed by atoms with Crippen LogP contribution in [-0.2, 0) is 4.84 Å². The summed E-state index contributed by atoms with van der Waals surface area (Å²) in [6.07, 6.45) is 0. The lowest BCUT2D eigenvalue weighted by molar-refractivity contribution is 0.0230. The Morgan fingerprint density at radius 2 is 1.04 bits per heavy atom. The van der Waals surface area contributed by atoms with E-state index in [2.05, 4.69) is 5.48 Å². The van der Waals surface area contributed by atoms with Gasteiger partial charge < -0.3 is 4.84 Å². The molecule has 0 atom stereocenters. The molecular formula is C21H15NO4. The van der Waals surface area contributed by atoms with E-state index in [0.717, 1.165) is 0 Å². The van der Waals surface area contributed by atoms with Crippen molar-refractivity contribution in [1.82, 2.24) is 5.48 Å². The van der Waals surface area contributed by atoms with E-state index in [0.29, 0.717) is 16.7 Å². The Bertz CT molecular complexity index is 919. The van der Waals surface area contributed by atoms with Crippen molar-refractivity contribution in [2.75, 3.05) is 0 Å². The maximum atomic E-state index is 12.3. The normalized spacial score (nSPS) is 10.0. The molecule has 0 radical (unpaired) electrons. The van der Waals surface area contributed by atoms with Crippen LogP contribution in [0.2, 0.25) is 0 Å². The maximum Gasteiger partial charge on any atom is 0.362 e. The highest BCUT2D eigenvalue weighted by Gasteiger charge is 2.13. The highest BCUT2D eigenvalue weighted by molar-refractivity contribution is 6.09. The molecule has 0 unspecified atom stereocenters. The molecule has 3 aromatic carbocycles. The molecule has 1 amide bonds. The molecule has 0 fully saturated rings. The third-order valence-electron chi connectivity index (χ3n) is 3.69. The lowest BCUT2D eigenvalue weighted by Crippen LogP contribution is -2.27. The van der Waals surface area contributed by atoms with Gasteiger partial charge in [-0.25, -0.2) is 4.79 Å². The average molecular weight is 345 g/mol. The monoisotopic (exact) mass is 345 g/mol. The number of nitrogens with one attached hydrogen (secondary N) is 1. The van der Waals surface area contributed by atoms with Gasteiger partial charge in [0.15, 0.2) is 5.78 Å². The Morgan fingerprint density at radius 1 is 0.577 bits per heavy atom. The third kappa shape index (κ3) is 4.02. The van der Waals surface area contributed by atoms with Crippen LogP contribution in [0.1, 0.15) is 36.6 Å². The predicted molar refractivity (Wildman–Crippen MR) is 95.6 cm³/mol. The van der Waals surface area contributed by atoms with E-state index in [9.17, 15) is 14.4 Å². The molecule has 0 aliphatic rings. The summed E-state index contributed by atoms with van der Waals surface area (Å²) >= 11 is 0. The van der Waals surface area contributed by atoms with Gasteiger partial charge >= 0.3 is 5.97 Å². The van der Waals surface area contributed by atoms with E-state index in [1.165, 1.54) is 12.1 Å². The summed E-state index contributed by atoms with van der Waals surface area (Å²) in [5.41, 5.74) is 3.74. The lowest BCUT2D eigenvalue weighted by Gasteiger charge is -2.06. The smallest absolute Gasteiger partial charge is 0.335 e. The van der Waals surface area contributed by atoms with E-state index in [4.69, 9.17) is 4.84 Å². The molecule has 1 N–H and O–H groups in total. The van der Waals surface area contributed by atoms with Crippen LogP contribution >= 0.6 is 0 Å². The van der Waals surface area contributed by atoms with Crippen molar-refractivity contribution >= 4 is 17.7 Å². The zero-order valence-corrected chi connectivity index (χ0v) is 13.7. The number of rotatable bonds is 4. The highest BCUT2D eigenvalue weighted by Crippen LogP contribution is 2.11. The first-order chi connectivity index (χ1) is 12.6. The summed E-state index contributed by atoms with van der Waals surface area (Å²) < 4.78 is 0. The second kappa shape index (κ2) is 7.90. The molecule has 3 rings (SSSR count). The molecule has 0 saturated heterocycles. The molecule has 0 saturated carbocycles. The molecule has 0 bridgehead atoms. The van der Waals surface area contributed by atoms with Crippen LogP contribution in [0.5, 0.6) is 0 Å². The lowest BCUT2D eigenvalue weighted by atomic mass is 10.0. The minimum absolute atomic E-state index is 0.136. The summed E-state index contributed by atoms with van der Waals surface area (Å²) in [6, 6.07) is 23.3. The van der Waals surface area contributed by atoms with Gasteiger partial charge in [-0.15, -0.1) is 0 Å². The first-order valence-corrected chi connectivity index (χ1v) is 7.91. The molecule has 3 aromatic rings. The van der Waals surface area contributed by atoms with Gasteiger partial charge in [0.2, 0.25) is 0 Å². The maximum absolute atomic E-state index is 12.3. The summed E-state index contributed by atoms with van der Waals surface area (Å²) in [5, 5.41) is 0. The number of ketones is 1. The van der Waals surface area contributed by atoms with Crippen LogP contribution in [-0.4, -0.2) is 17.7 Å². The fourth-order valence-electron chi connectivity index (χ4n) is 2.31. The second-order valence-electron chi connectivity index (χ2n) is 5.46. The average Bonchev–Trinajstić information content (AvgIpc) is 2.72. The molecule has 0 spiro atoms. The fraction of sp³-hybridized carbons (Fsp3) is 0. The SMILES string of the molecule is O=C(NOC(=O)c1ccc(C(=O)c2ccccc2)cc1)c1ccccc1. The Morgan fingerprint density at radius 3 is 1.62 bits per heavy atom. The number of hydrogen-bond donors (Lipinski definition) is 1. The van der Waals surface area contributed by atoms with Crippen molar-refractivity contribution in [2.45, 2.75) is 0 Å². The van der Waals surface area contributed by atoms with Crippen LogP contribution in [0.25, 0.3) is 0 Å². The highest BCUT2D eigenvalue weighted by atomic mass is 16.7. The molecule has 0 aliphatic heterocycles. The number of carbonyl (C=O) groups excluding carboxylic acids is 3. The van der Waals surface area contributed by atoms with E-state index in [1.807, 2.05) is 6.07 Å². The van der Waals surface area contributed by atoms with Gasteiger partial charge in [-0.05, 0) is 24.3 Å². The molecule has 5 nitrogen and oxygen atoms in total.